The SMILES string of the molecule is CCCc1ccc(-c2cccc(S(C)(=O)=O)c2)c(C)c1. The lowest BCUT2D eigenvalue weighted by atomic mass is 9.97. The number of hydrogen-bond acceptors (Lipinski definition) is 2. The summed E-state index contributed by atoms with van der Waals surface area (Å²) < 4.78 is 23.3. The van der Waals surface area contributed by atoms with E-state index in [4.69, 9.17) is 0 Å². The fourth-order valence-electron chi connectivity index (χ4n) is 2.39. The standard InChI is InChI=1S/C17H20O2S/c1-4-6-14-9-10-17(13(2)11-14)15-7-5-8-16(12-15)20(3,18)19/h5,7-12H,4,6H2,1-3H3. The highest BCUT2D eigenvalue weighted by Gasteiger charge is 2.09. The molecule has 0 heterocycles. The van der Waals surface area contributed by atoms with E-state index in [9.17, 15) is 8.42 Å². The monoisotopic (exact) mass is 288 g/mol. The van der Waals surface area contributed by atoms with Crippen molar-refractivity contribution in [2.24, 2.45) is 0 Å². The van der Waals surface area contributed by atoms with Crippen LogP contribution in [0.5, 0.6) is 0 Å². The molecule has 2 rings (SSSR count). The van der Waals surface area contributed by atoms with Gasteiger partial charge in [-0.2, -0.15) is 0 Å². The predicted molar refractivity (Wildman–Crippen MR) is 83.7 cm³/mol. The van der Waals surface area contributed by atoms with E-state index in [1.54, 1.807) is 18.2 Å². The Labute approximate surface area is 121 Å². The number of hydrogen-bond donors (Lipinski definition) is 0. The third kappa shape index (κ3) is 3.28. The number of benzene rings is 2. The Morgan fingerprint density at radius 2 is 1.80 bits per heavy atom. The molecule has 0 saturated carbocycles. The maximum Gasteiger partial charge on any atom is 0.175 e. The van der Waals surface area contributed by atoms with Crippen molar-refractivity contribution >= 4 is 9.84 Å². The van der Waals surface area contributed by atoms with Crippen molar-refractivity contribution in [1.82, 2.24) is 0 Å². The Hall–Kier alpha value is -1.61. The first kappa shape index (κ1) is 14.8. The van der Waals surface area contributed by atoms with Crippen molar-refractivity contribution in [1.29, 1.82) is 0 Å². The van der Waals surface area contributed by atoms with Gasteiger partial charge in [0.1, 0.15) is 0 Å². The zero-order valence-corrected chi connectivity index (χ0v) is 13.0. The van der Waals surface area contributed by atoms with Crippen molar-refractivity contribution in [2.75, 3.05) is 6.26 Å². The van der Waals surface area contributed by atoms with Crippen LogP contribution in [0.1, 0.15) is 24.5 Å². The summed E-state index contributed by atoms with van der Waals surface area (Å²) in [5.74, 6) is 0. The maximum atomic E-state index is 11.6. The quantitative estimate of drug-likeness (QED) is 0.851. The summed E-state index contributed by atoms with van der Waals surface area (Å²) in [5.41, 5.74) is 4.55. The summed E-state index contributed by atoms with van der Waals surface area (Å²) in [4.78, 5) is 0.368. The molecular formula is C17H20O2S. The smallest absolute Gasteiger partial charge is 0.175 e. The Balaban J connectivity index is 2.47. The molecule has 20 heavy (non-hydrogen) atoms. The van der Waals surface area contributed by atoms with E-state index in [0.717, 1.165) is 24.0 Å². The van der Waals surface area contributed by atoms with Crippen LogP contribution in [0.25, 0.3) is 11.1 Å². The van der Waals surface area contributed by atoms with Gasteiger partial charge in [0.25, 0.3) is 0 Å². The molecule has 0 N–H and O–H groups in total. The lowest BCUT2D eigenvalue weighted by molar-refractivity contribution is 0.602. The molecule has 106 valence electrons. The van der Waals surface area contributed by atoms with Gasteiger partial charge < -0.3 is 0 Å². The second kappa shape index (κ2) is 5.80. The molecule has 0 saturated heterocycles. The number of sulfone groups is 1. The van der Waals surface area contributed by atoms with E-state index in [0.29, 0.717) is 4.90 Å². The Bertz CT molecular complexity index is 716. The van der Waals surface area contributed by atoms with Crippen LogP contribution in [0.2, 0.25) is 0 Å². The van der Waals surface area contributed by atoms with Crippen LogP contribution in [0, 0.1) is 6.92 Å². The zero-order valence-electron chi connectivity index (χ0n) is 12.2. The van der Waals surface area contributed by atoms with Gasteiger partial charge in [-0.1, -0.05) is 43.7 Å². The van der Waals surface area contributed by atoms with Crippen molar-refractivity contribution in [3.63, 3.8) is 0 Å². The molecule has 0 unspecified atom stereocenters. The first-order valence-corrected chi connectivity index (χ1v) is 8.71. The Morgan fingerprint density at radius 3 is 2.40 bits per heavy atom. The van der Waals surface area contributed by atoms with Gasteiger partial charge in [-0.25, -0.2) is 8.42 Å². The summed E-state index contributed by atoms with van der Waals surface area (Å²) >= 11 is 0. The minimum absolute atomic E-state index is 0.368. The summed E-state index contributed by atoms with van der Waals surface area (Å²) in [6, 6.07) is 13.5. The first-order valence-electron chi connectivity index (χ1n) is 6.82. The molecule has 0 amide bonds. The molecule has 0 aliphatic carbocycles. The fourth-order valence-corrected chi connectivity index (χ4v) is 3.05. The molecular weight excluding hydrogens is 268 g/mol. The van der Waals surface area contributed by atoms with Gasteiger partial charge >= 0.3 is 0 Å². The second-order valence-electron chi connectivity index (χ2n) is 5.20. The third-order valence-corrected chi connectivity index (χ3v) is 4.51. The van der Waals surface area contributed by atoms with Crippen molar-refractivity contribution in [2.45, 2.75) is 31.6 Å². The molecule has 0 fully saturated rings. The summed E-state index contributed by atoms with van der Waals surface area (Å²) in [7, 11) is -3.16. The van der Waals surface area contributed by atoms with Gasteiger partial charge in [-0.05, 0) is 47.7 Å². The van der Waals surface area contributed by atoms with E-state index < -0.39 is 9.84 Å². The van der Waals surface area contributed by atoms with Gasteiger partial charge in [0.05, 0.1) is 4.90 Å². The highest BCUT2D eigenvalue weighted by atomic mass is 32.2. The fraction of sp³-hybridized carbons (Fsp3) is 0.294. The van der Waals surface area contributed by atoms with Crippen molar-refractivity contribution < 1.29 is 8.42 Å². The van der Waals surface area contributed by atoms with E-state index in [1.807, 2.05) is 6.07 Å². The normalized spacial score (nSPS) is 11.6. The minimum Gasteiger partial charge on any atom is -0.224 e. The third-order valence-electron chi connectivity index (χ3n) is 3.40. The van der Waals surface area contributed by atoms with Gasteiger partial charge in [0, 0.05) is 6.26 Å². The second-order valence-corrected chi connectivity index (χ2v) is 7.22. The largest absolute Gasteiger partial charge is 0.224 e. The molecule has 3 heteroatoms. The molecule has 0 spiro atoms. The molecule has 0 bridgehead atoms. The first-order chi connectivity index (χ1) is 9.41. The summed E-state index contributed by atoms with van der Waals surface area (Å²) in [5, 5.41) is 0. The van der Waals surface area contributed by atoms with Crippen LogP contribution in [0.15, 0.2) is 47.4 Å². The average molecular weight is 288 g/mol. The highest BCUT2D eigenvalue weighted by Crippen LogP contribution is 2.26. The Kier molecular flexibility index (Phi) is 4.29. The lowest BCUT2D eigenvalue weighted by Gasteiger charge is -2.10. The lowest BCUT2D eigenvalue weighted by Crippen LogP contribution is -1.97. The van der Waals surface area contributed by atoms with Gasteiger partial charge in [-0.15, -0.1) is 0 Å². The van der Waals surface area contributed by atoms with Gasteiger partial charge in [-0.3, -0.25) is 0 Å². The highest BCUT2D eigenvalue weighted by molar-refractivity contribution is 7.90. The zero-order chi connectivity index (χ0) is 14.8. The average Bonchev–Trinajstić information content (AvgIpc) is 2.38. The van der Waals surface area contributed by atoms with E-state index in [-0.39, 0.29) is 0 Å². The van der Waals surface area contributed by atoms with E-state index >= 15 is 0 Å². The van der Waals surface area contributed by atoms with Crippen molar-refractivity contribution in [3.8, 4) is 11.1 Å². The topological polar surface area (TPSA) is 34.1 Å². The minimum atomic E-state index is -3.16. The molecule has 0 aromatic heterocycles. The predicted octanol–water partition coefficient (Wildman–Crippen LogP) is 4.02. The maximum absolute atomic E-state index is 11.6. The van der Waals surface area contributed by atoms with Crippen LogP contribution >= 0.6 is 0 Å². The number of rotatable bonds is 4. The van der Waals surface area contributed by atoms with Gasteiger partial charge in [0.2, 0.25) is 0 Å². The summed E-state index contributed by atoms with van der Waals surface area (Å²) in [6.45, 7) is 4.24. The van der Waals surface area contributed by atoms with Crippen LogP contribution in [0.3, 0.4) is 0 Å². The molecule has 2 aromatic rings. The molecule has 0 radical (unpaired) electrons. The molecule has 0 aliphatic heterocycles. The molecule has 2 aromatic carbocycles. The van der Waals surface area contributed by atoms with E-state index in [1.165, 1.54) is 17.4 Å². The van der Waals surface area contributed by atoms with Crippen molar-refractivity contribution in [3.05, 3.63) is 53.6 Å². The summed E-state index contributed by atoms with van der Waals surface area (Å²) in [6.07, 6.45) is 3.44. The molecule has 0 atom stereocenters. The Morgan fingerprint density at radius 1 is 1.05 bits per heavy atom. The van der Waals surface area contributed by atoms with Gasteiger partial charge in [0.15, 0.2) is 9.84 Å². The van der Waals surface area contributed by atoms with Crippen LogP contribution in [-0.2, 0) is 16.3 Å². The van der Waals surface area contributed by atoms with Crippen LogP contribution in [-0.4, -0.2) is 14.7 Å². The molecule has 2 nitrogen and oxygen atoms in total. The van der Waals surface area contributed by atoms with Crippen LogP contribution < -0.4 is 0 Å². The van der Waals surface area contributed by atoms with E-state index in [2.05, 4.69) is 32.0 Å². The molecule has 0 aliphatic rings. The van der Waals surface area contributed by atoms with Crippen LogP contribution in [0.4, 0.5) is 0 Å². The number of aryl methyl sites for hydroxylation is 2.